The Morgan fingerprint density at radius 2 is 1.96 bits per heavy atom. The fourth-order valence-electron chi connectivity index (χ4n) is 2.86. The van der Waals surface area contributed by atoms with E-state index in [2.05, 4.69) is 27.8 Å². The van der Waals surface area contributed by atoms with Crippen LogP contribution in [0.5, 0.6) is 0 Å². The molecule has 1 aromatic rings. The molecule has 0 aliphatic carbocycles. The lowest BCUT2D eigenvalue weighted by atomic mass is 9.88. The van der Waals surface area contributed by atoms with Gasteiger partial charge in [-0.15, -0.1) is 0 Å². The smallest absolute Gasteiger partial charge is 0.416 e. The van der Waals surface area contributed by atoms with E-state index in [1.165, 1.54) is 11.0 Å². The molecule has 1 fully saturated rings. The number of likely N-dealkylation sites (tertiary alicyclic amines) is 1. The number of hydrogen-bond donors (Lipinski definition) is 1. The van der Waals surface area contributed by atoms with Gasteiger partial charge in [-0.1, -0.05) is 22.0 Å². The van der Waals surface area contributed by atoms with Crippen LogP contribution in [0.15, 0.2) is 22.7 Å². The van der Waals surface area contributed by atoms with Crippen molar-refractivity contribution in [2.45, 2.75) is 38.0 Å². The minimum absolute atomic E-state index is 0.186. The predicted octanol–water partition coefficient (Wildman–Crippen LogP) is 4.43. The molecule has 1 heterocycles. The first-order valence-corrected chi connectivity index (χ1v) is 8.37. The number of benzene rings is 1. The van der Waals surface area contributed by atoms with Crippen LogP contribution < -0.4 is 0 Å². The molecule has 0 radical (unpaired) electrons. The van der Waals surface area contributed by atoms with E-state index >= 15 is 0 Å². The third-order valence-electron chi connectivity index (χ3n) is 4.82. The van der Waals surface area contributed by atoms with Gasteiger partial charge in [-0.05, 0) is 44.5 Å². The van der Waals surface area contributed by atoms with Crippen LogP contribution in [-0.4, -0.2) is 46.7 Å². The third-order valence-corrected chi connectivity index (χ3v) is 5.56. The van der Waals surface area contributed by atoms with E-state index < -0.39 is 17.8 Å². The number of carboxylic acid groups (broad SMARTS) is 1. The number of rotatable bonds is 3. The molecule has 1 N–H and O–H groups in total. The van der Waals surface area contributed by atoms with Crippen LogP contribution in [0.1, 0.15) is 30.9 Å². The molecule has 1 aromatic carbocycles. The van der Waals surface area contributed by atoms with Crippen molar-refractivity contribution in [2.24, 2.45) is 0 Å². The summed E-state index contributed by atoms with van der Waals surface area (Å²) in [6, 6.07) is 3.67. The lowest BCUT2D eigenvalue weighted by molar-refractivity contribution is -0.137. The van der Waals surface area contributed by atoms with Crippen LogP contribution in [0.4, 0.5) is 18.0 Å². The van der Waals surface area contributed by atoms with Crippen LogP contribution >= 0.6 is 15.9 Å². The maximum atomic E-state index is 12.7. The quantitative estimate of drug-likeness (QED) is 0.804. The Bertz CT molecular complexity index is 614. The molecule has 0 atom stereocenters. The largest absolute Gasteiger partial charge is 0.465 e. The summed E-state index contributed by atoms with van der Waals surface area (Å²) in [7, 11) is 1.92. The molecule has 0 bridgehead atoms. The molecule has 1 aliphatic heterocycles. The Kier molecular flexibility index (Phi) is 5.49. The molecule has 24 heavy (non-hydrogen) atoms. The third kappa shape index (κ3) is 4.22. The standard InChI is InChI=1S/C16H20BrF3N2O2/c1-15(5-7-22(8-6-15)14(23)24)21(2)10-11-3-4-12(9-13(11)17)16(18,19)20/h3-4,9H,5-8,10H2,1-2H3,(H,23,24). The number of nitrogens with zero attached hydrogens (tertiary/aromatic N) is 2. The van der Waals surface area contributed by atoms with Crippen molar-refractivity contribution in [1.82, 2.24) is 9.80 Å². The van der Waals surface area contributed by atoms with Crippen LogP contribution in [-0.2, 0) is 12.7 Å². The summed E-state index contributed by atoms with van der Waals surface area (Å²) in [5.74, 6) is 0. The SMILES string of the molecule is CN(Cc1ccc(C(F)(F)F)cc1Br)C1(C)CCN(C(=O)O)CC1. The second kappa shape index (κ2) is 6.92. The minimum Gasteiger partial charge on any atom is -0.465 e. The van der Waals surface area contributed by atoms with E-state index in [0.717, 1.165) is 17.7 Å². The van der Waals surface area contributed by atoms with Gasteiger partial charge in [0.05, 0.1) is 5.56 Å². The Labute approximate surface area is 147 Å². The van der Waals surface area contributed by atoms with Crippen LogP contribution in [0.2, 0.25) is 0 Å². The summed E-state index contributed by atoms with van der Waals surface area (Å²) in [6.45, 7) is 3.47. The molecule has 8 heteroatoms. The van der Waals surface area contributed by atoms with Crippen molar-refractivity contribution in [3.05, 3.63) is 33.8 Å². The number of alkyl halides is 3. The topological polar surface area (TPSA) is 43.8 Å². The number of halogens is 4. The highest BCUT2D eigenvalue weighted by Crippen LogP contribution is 2.34. The first kappa shape index (κ1) is 19.1. The zero-order chi connectivity index (χ0) is 18.1. The first-order valence-electron chi connectivity index (χ1n) is 7.58. The number of hydrogen-bond acceptors (Lipinski definition) is 2. The zero-order valence-electron chi connectivity index (χ0n) is 13.5. The Morgan fingerprint density at radius 1 is 1.38 bits per heavy atom. The van der Waals surface area contributed by atoms with E-state index in [9.17, 15) is 18.0 Å². The number of amides is 1. The molecule has 134 valence electrons. The summed E-state index contributed by atoms with van der Waals surface area (Å²) in [5, 5.41) is 9.02. The minimum atomic E-state index is -4.36. The fourth-order valence-corrected chi connectivity index (χ4v) is 3.36. The average Bonchev–Trinajstić information content (AvgIpc) is 2.48. The van der Waals surface area contributed by atoms with Gasteiger partial charge in [-0.25, -0.2) is 4.79 Å². The highest BCUT2D eigenvalue weighted by atomic mass is 79.9. The van der Waals surface area contributed by atoms with Gasteiger partial charge in [0.25, 0.3) is 0 Å². The van der Waals surface area contributed by atoms with Crippen molar-refractivity contribution in [1.29, 1.82) is 0 Å². The van der Waals surface area contributed by atoms with Crippen LogP contribution in [0.25, 0.3) is 0 Å². The van der Waals surface area contributed by atoms with Gasteiger partial charge in [-0.3, -0.25) is 4.90 Å². The molecule has 1 aliphatic rings. The van der Waals surface area contributed by atoms with E-state index in [-0.39, 0.29) is 5.54 Å². The summed E-state index contributed by atoms with van der Waals surface area (Å²) in [6.07, 6.45) is -3.89. The van der Waals surface area contributed by atoms with E-state index in [0.29, 0.717) is 36.9 Å². The van der Waals surface area contributed by atoms with Crippen molar-refractivity contribution in [2.75, 3.05) is 20.1 Å². The molecule has 2 rings (SSSR count). The van der Waals surface area contributed by atoms with Gasteiger partial charge in [0.2, 0.25) is 0 Å². The fraction of sp³-hybridized carbons (Fsp3) is 0.562. The average molecular weight is 409 g/mol. The van der Waals surface area contributed by atoms with Crippen molar-refractivity contribution in [3.63, 3.8) is 0 Å². The zero-order valence-corrected chi connectivity index (χ0v) is 15.1. The molecule has 0 spiro atoms. The maximum Gasteiger partial charge on any atom is 0.416 e. The summed E-state index contributed by atoms with van der Waals surface area (Å²) < 4.78 is 38.6. The van der Waals surface area contributed by atoms with E-state index in [1.54, 1.807) is 0 Å². The molecular weight excluding hydrogens is 389 g/mol. The van der Waals surface area contributed by atoms with Crippen LogP contribution in [0.3, 0.4) is 0 Å². The van der Waals surface area contributed by atoms with E-state index in [4.69, 9.17) is 5.11 Å². The van der Waals surface area contributed by atoms with E-state index in [1.807, 2.05) is 7.05 Å². The number of piperidine rings is 1. The molecule has 1 saturated heterocycles. The van der Waals surface area contributed by atoms with Gasteiger partial charge in [0.15, 0.2) is 0 Å². The van der Waals surface area contributed by atoms with Gasteiger partial charge >= 0.3 is 12.3 Å². The normalized spacial score (nSPS) is 18.0. The summed E-state index contributed by atoms with van der Waals surface area (Å²) >= 11 is 3.23. The second-order valence-electron chi connectivity index (χ2n) is 6.43. The Balaban J connectivity index is 2.07. The summed E-state index contributed by atoms with van der Waals surface area (Å²) in [4.78, 5) is 14.5. The van der Waals surface area contributed by atoms with Crippen molar-refractivity contribution in [3.8, 4) is 0 Å². The highest BCUT2D eigenvalue weighted by Gasteiger charge is 2.35. The van der Waals surface area contributed by atoms with Crippen LogP contribution in [0, 0.1) is 0 Å². The monoisotopic (exact) mass is 408 g/mol. The molecule has 1 amide bonds. The molecule has 0 aromatic heterocycles. The lowest BCUT2D eigenvalue weighted by Crippen LogP contribution is -2.52. The van der Waals surface area contributed by atoms with Gasteiger partial charge in [-0.2, -0.15) is 13.2 Å². The first-order chi connectivity index (χ1) is 11.0. The van der Waals surface area contributed by atoms with Crippen molar-refractivity contribution < 1.29 is 23.1 Å². The molecule has 0 unspecified atom stereocenters. The lowest BCUT2D eigenvalue weighted by Gasteiger charge is -2.44. The summed E-state index contributed by atoms with van der Waals surface area (Å²) in [5.41, 5.74) is -0.0946. The molecular formula is C16H20BrF3N2O2. The van der Waals surface area contributed by atoms with Crippen molar-refractivity contribution >= 4 is 22.0 Å². The number of carbonyl (C=O) groups is 1. The van der Waals surface area contributed by atoms with Gasteiger partial charge in [0.1, 0.15) is 0 Å². The Morgan fingerprint density at radius 3 is 2.42 bits per heavy atom. The molecule has 4 nitrogen and oxygen atoms in total. The maximum absolute atomic E-state index is 12.7. The van der Waals surface area contributed by atoms with Gasteiger partial charge < -0.3 is 10.0 Å². The predicted molar refractivity (Wildman–Crippen MR) is 87.8 cm³/mol. The second-order valence-corrected chi connectivity index (χ2v) is 7.28. The highest BCUT2D eigenvalue weighted by molar-refractivity contribution is 9.10. The van der Waals surface area contributed by atoms with Gasteiger partial charge in [0, 0.05) is 29.6 Å². The Hall–Kier alpha value is -1.28. The molecule has 0 saturated carbocycles.